The molecule has 35 heavy (non-hydrogen) atoms. The van der Waals surface area contributed by atoms with E-state index < -0.39 is 10.0 Å². The first-order valence-electron chi connectivity index (χ1n) is 11.2. The third-order valence-corrected chi connectivity index (χ3v) is 6.65. The van der Waals surface area contributed by atoms with E-state index in [9.17, 15) is 18.0 Å². The lowest BCUT2D eigenvalue weighted by Gasteiger charge is -2.25. The van der Waals surface area contributed by atoms with Crippen LogP contribution in [0.5, 0.6) is 11.5 Å². The number of para-hydroxylation sites is 1. The molecule has 0 saturated heterocycles. The summed E-state index contributed by atoms with van der Waals surface area (Å²) in [7, 11) is -3.59. The number of hydrogen-bond acceptors (Lipinski definition) is 6. The number of amides is 1. The lowest BCUT2D eigenvalue weighted by Crippen LogP contribution is -2.31. The van der Waals surface area contributed by atoms with E-state index in [0.717, 1.165) is 6.26 Å². The van der Waals surface area contributed by atoms with Crippen LogP contribution in [-0.4, -0.2) is 46.1 Å². The first kappa shape index (κ1) is 24.3. The number of carbonyl (C=O) groups excluding carboxylic acids is 2. The maximum Gasteiger partial charge on any atom is 0.232 e. The molecule has 0 atom stereocenters. The fourth-order valence-corrected chi connectivity index (χ4v) is 4.76. The second kappa shape index (κ2) is 10.6. The molecule has 1 N–H and O–H groups in total. The number of ketones is 1. The van der Waals surface area contributed by atoms with Gasteiger partial charge in [-0.25, -0.2) is 8.42 Å². The summed E-state index contributed by atoms with van der Waals surface area (Å²) >= 11 is 0. The predicted octanol–water partition coefficient (Wildman–Crippen LogP) is 3.87. The third kappa shape index (κ3) is 5.99. The molecule has 0 fully saturated rings. The molecule has 0 saturated carbocycles. The molecule has 4 rings (SSSR count). The Morgan fingerprint density at radius 1 is 0.914 bits per heavy atom. The summed E-state index contributed by atoms with van der Waals surface area (Å²) in [5.74, 6) is 0.550. The standard InChI is InChI=1S/C26H26N2O6S/c1-35(31,32)28(20-13-14-23-24(18-20)34-17-16-33-23)15-7-12-25(29)27-22-11-6-5-10-21(22)26(30)19-8-3-2-4-9-19/h2-6,8-11,13-14,18H,7,12,15-17H2,1H3,(H,27,29). The van der Waals surface area contributed by atoms with E-state index in [4.69, 9.17) is 9.47 Å². The molecule has 182 valence electrons. The van der Waals surface area contributed by atoms with Crippen molar-refractivity contribution in [3.8, 4) is 11.5 Å². The Kier molecular flexibility index (Phi) is 7.36. The van der Waals surface area contributed by atoms with E-state index in [-0.39, 0.29) is 31.1 Å². The van der Waals surface area contributed by atoms with E-state index in [2.05, 4.69) is 5.32 Å². The van der Waals surface area contributed by atoms with Crippen LogP contribution in [0.2, 0.25) is 0 Å². The van der Waals surface area contributed by atoms with Crippen molar-refractivity contribution >= 4 is 33.1 Å². The lowest BCUT2D eigenvalue weighted by molar-refractivity contribution is -0.116. The van der Waals surface area contributed by atoms with Crippen LogP contribution in [0.3, 0.4) is 0 Å². The average Bonchev–Trinajstić information content (AvgIpc) is 2.86. The Bertz CT molecular complexity index is 1320. The van der Waals surface area contributed by atoms with Gasteiger partial charge in [0, 0.05) is 30.2 Å². The minimum Gasteiger partial charge on any atom is -0.486 e. The van der Waals surface area contributed by atoms with E-state index >= 15 is 0 Å². The van der Waals surface area contributed by atoms with Crippen molar-refractivity contribution in [2.75, 3.05) is 35.6 Å². The fraction of sp³-hybridized carbons (Fsp3) is 0.231. The summed E-state index contributed by atoms with van der Waals surface area (Å²) in [5, 5.41) is 2.79. The smallest absolute Gasteiger partial charge is 0.232 e. The van der Waals surface area contributed by atoms with Gasteiger partial charge < -0.3 is 14.8 Å². The number of sulfonamides is 1. The highest BCUT2D eigenvalue weighted by atomic mass is 32.2. The van der Waals surface area contributed by atoms with Crippen molar-refractivity contribution in [2.45, 2.75) is 12.8 Å². The highest BCUT2D eigenvalue weighted by molar-refractivity contribution is 7.92. The highest BCUT2D eigenvalue weighted by Gasteiger charge is 2.21. The molecule has 0 aliphatic carbocycles. The van der Waals surface area contributed by atoms with Gasteiger partial charge in [-0.15, -0.1) is 0 Å². The second-order valence-corrected chi connectivity index (χ2v) is 9.96. The van der Waals surface area contributed by atoms with Gasteiger partial charge in [-0.05, 0) is 30.7 Å². The van der Waals surface area contributed by atoms with E-state index in [0.29, 0.717) is 47.2 Å². The molecule has 1 aliphatic rings. The molecule has 9 heteroatoms. The summed E-state index contributed by atoms with van der Waals surface area (Å²) in [6, 6.07) is 20.6. The van der Waals surface area contributed by atoms with Gasteiger partial charge in [-0.3, -0.25) is 13.9 Å². The highest BCUT2D eigenvalue weighted by Crippen LogP contribution is 2.34. The molecule has 1 aliphatic heterocycles. The van der Waals surface area contributed by atoms with Gasteiger partial charge in [0.05, 0.1) is 17.6 Å². The number of nitrogens with one attached hydrogen (secondary N) is 1. The van der Waals surface area contributed by atoms with Crippen LogP contribution < -0.4 is 19.1 Å². The van der Waals surface area contributed by atoms with Gasteiger partial charge in [0.25, 0.3) is 0 Å². The normalized spacial score (nSPS) is 12.6. The number of benzene rings is 3. The fourth-order valence-electron chi connectivity index (χ4n) is 3.80. The molecule has 0 bridgehead atoms. The maximum absolute atomic E-state index is 12.9. The monoisotopic (exact) mass is 494 g/mol. The molecule has 3 aromatic carbocycles. The molecule has 3 aromatic rings. The number of hydrogen-bond donors (Lipinski definition) is 1. The average molecular weight is 495 g/mol. The predicted molar refractivity (Wildman–Crippen MR) is 134 cm³/mol. The summed E-state index contributed by atoms with van der Waals surface area (Å²) < 4.78 is 37.2. The molecule has 0 spiro atoms. The zero-order valence-electron chi connectivity index (χ0n) is 19.3. The van der Waals surface area contributed by atoms with Gasteiger partial charge in [-0.2, -0.15) is 0 Å². The zero-order valence-corrected chi connectivity index (χ0v) is 20.1. The Balaban J connectivity index is 1.41. The Morgan fingerprint density at radius 3 is 2.34 bits per heavy atom. The van der Waals surface area contributed by atoms with E-state index in [1.807, 2.05) is 6.07 Å². The van der Waals surface area contributed by atoms with Crippen LogP contribution in [0.1, 0.15) is 28.8 Å². The molecule has 0 aromatic heterocycles. The number of carbonyl (C=O) groups is 2. The Hall–Kier alpha value is -3.85. The van der Waals surface area contributed by atoms with Crippen LogP contribution in [0, 0.1) is 0 Å². The molecule has 0 unspecified atom stereocenters. The summed E-state index contributed by atoms with van der Waals surface area (Å²) in [6.45, 7) is 0.942. The van der Waals surface area contributed by atoms with Crippen molar-refractivity contribution < 1.29 is 27.5 Å². The first-order valence-corrected chi connectivity index (χ1v) is 13.0. The number of ether oxygens (including phenoxy) is 2. The number of fused-ring (bicyclic) bond motifs is 1. The second-order valence-electron chi connectivity index (χ2n) is 8.06. The number of anilines is 2. The summed E-state index contributed by atoms with van der Waals surface area (Å²) in [6.07, 6.45) is 1.47. The van der Waals surface area contributed by atoms with Crippen molar-refractivity contribution in [3.05, 3.63) is 83.9 Å². The molecular formula is C26H26N2O6S. The van der Waals surface area contributed by atoms with Crippen LogP contribution in [-0.2, 0) is 14.8 Å². The molecule has 0 radical (unpaired) electrons. The van der Waals surface area contributed by atoms with E-state index in [1.54, 1.807) is 66.7 Å². The minimum atomic E-state index is -3.59. The number of rotatable bonds is 9. The largest absolute Gasteiger partial charge is 0.486 e. The van der Waals surface area contributed by atoms with Crippen LogP contribution in [0.15, 0.2) is 72.8 Å². The molecular weight excluding hydrogens is 468 g/mol. The van der Waals surface area contributed by atoms with Crippen molar-refractivity contribution in [3.63, 3.8) is 0 Å². The first-order chi connectivity index (χ1) is 16.8. The van der Waals surface area contributed by atoms with Crippen molar-refractivity contribution in [2.24, 2.45) is 0 Å². The van der Waals surface area contributed by atoms with Crippen LogP contribution in [0.4, 0.5) is 11.4 Å². The van der Waals surface area contributed by atoms with Crippen molar-refractivity contribution in [1.82, 2.24) is 0 Å². The van der Waals surface area contributed by atoms with Crippen molar-refractivity contribution in [1.29, 1.82) is 0 Å². The lowest BCUT2D eigenvalue weighted by atomic mass is 10.0. The van der Waals surface area contributed by atoms with Crippen LogP contribution in [0.25, 0.3) is 0 Å². The van der Waals surface area contributed by atoms with Gasteiger partial charge in [0.2, 0.25) is 15.9 Å². The minimum absolute atomic E-state index is 0.0738. The molecule has 1 heterocycles. The quantitative estimate of drug-likeness (QED) is 0.453. The van der Waals surface area contributed by atoms with Gasteiger partial charge in [0.1, 0.15) is 13.2 Å². The summed E-state index contributed by atoms with van der Waals surface area (Å²) in [5.41, 5.74) is 1.77. The topological polar surface area (TPSA) is 102 Å². The number of nitrogens with zero attached hydrogens (tertiary/aromatic N) is 1. The van der Waals surface area contributed by atoms with E-state index in [1.165, 1.54) is 4.31 Å². The maximum atomic E-state index is 12.9. The van der Waals surface area contributed by atoms with Gasteiger partial charge in [0.15, 0.2) is 17.3 Å². The summed E-state index contributed by atoms with van der Waals surface area (Å²) in [4.78, 5) is 25.5. The van der Waals surface area contributed by atoms with Gasteiger partial charge >= 0.3 is 0 Å². The Labute approximate surface area is 204 Å². The third-order valence-electron chi connectivity index (χ3n) is 5.46. The zero-order chi connectivity index (χ0) is 24.8. The Morgan fingerprint density at radius 2 is 1.60 bits per heavy atom. The van der Waals surface area contributed by atoms with Gasteiger partial charge in [-0.1, -0.05) is 42.5 Å². The molecule has 8 nitrogen and oxygen atoms in total. The SMILES string of the molecule is CS(=O)(=O)N(CCCC(=O)Nc1ccccc1C(=O)c1ccccc1)c1ccc2c(c1)OCCO2. The molecule has 1 amide bonds. The van der Waals surface area contributed by atoms with Crippen LogP contribution >= 0.6 is 0 Å².